The van der Waals surface area contributed by atoms with Gasteiger partial charge in [-0.05, 0) is 12.8 Å². The molecular weight excluding hydrogens is 256 g/mol. The Kier molecular flexibility index (Phi) is 4.89. The summed E-state index contributed by atoms with van der Waals surface area (Å²) in [6.07, 6.45) is 7.18. The molecule has 2 amide bonds. The van der Waals surface area contributed by atoms with Gasteiger partial charge in [-0.25, -0.2) is 4.79 Å². The second kappa shape index (κ2) is 6.46. The van der Waals surface area contributed by atoms with Gasteiger partial charge in [-0.15, -0.1) is 0 Å². The summed E-state index contributed by atoms with van der Waals surface area (Å²) in [6.45, 7) is 2.90. The fraction of sp³-hybridized carbons (Fsp3) is 0.867. The summed E-state index contributed by atoms with van der Waals surface area (Å²) in [6, 6.07) is 0.437. The normalized spacial score (nSPS) is 22.8. The fourth-order valence-electron chi connectivity index (χ4n) is 3.21. The Morgan fingerprint density at radius 3 is 2.20 bits per heavy atom. The Balaban J connectivity index is 1.82. The van der Waals surface area contributed by atoms with Crippen molar-refractivity contribution in [1.29, 1.82) is 0 Å². The summed E-state index contributed by atoms with van der Waals surface area (Å²) in [5.41, 5.74) is 0. The Labute approximate surface area is 120 Å². The highest BCUT2D eigenvalue weighted by Gasteiger charge is 2.39. The minimum Gasteiger partial charge on any atom is -0.481 e. The van der Waals surface area contributed by atoms with Crippen molar-refractivity contribution in [3.8, 4) is 0 Å². The highest BCUT2D eigenvalue weighted by Crippen LogP contribution is 2.27. The summed E-state index contributed by atoms with van der Waals surface area (Å²) in [5, 5.41) is 8.97. The first-order valence-corrected chi connectivity index (χ1v) is 7.75. The number of urea groups is 1. The number of aliphatic carboxylic acids is 1. The van der Waals surface area contributed by atoms with E-state index in [1.54, 1.807) is 11.8 Å². The molecule has 5 heteroatoms. The zero-order valence-electron chi connectivity index (χ0n) is 12.5. The predicted octanol–water partition coefficient (Wildman–Crippen LogP) is 2.41. The van der Waals surface area contributed by atoms with Crippen molar-refractivity contribution in [3.05, 3.63) is 0 Å². The summed E-state index contributed by atoms with van der Waals surface area (Å²) in [7, 11) is 1.90. The molecule has 1 aliphatic carbocycles. The van der Waals surface area contributed by atoms with Crippen LogP contribution in [-0.4, -0.2) is 53.1 Å². The van der Waals surface area contributed by atoms with Gasteiger partial charge in [-0.2, -0.15) is 0 Å². The van der Waals surface area contributed by atoms with Crippen LogP contribution in [0.25, 0.3) is 0 Å². The smallest absolute Gasteiger partial charge is 0.320 e. The number of rotatable bonds is 3. The summed E-state index contributed by atoms with van der Waals surface area (Å²) >= 11 is 0. The average Bonchev–Trinajstić information content (AvgIpc) is 2.64. The monoisotopic (exact) mass is 282 g/mol. The SMILES string of the molecule is CC(C(=O)O)C1CN(C(=O)N(C)C2CCCCCC2)C1. The number of carbonyl (C=O) groups is 2. The van der Waals surface area contributed by atoms with Crippen molar-refractivity contribution in [3.63, 3.8) is 0 Å². The Hall–Kier alpha value is -1.26. The molecule has 114 valence electrons. The van der Waals surface area contributed by atoms with Crippen LogP contribution in [0.2, 0.25) is 0 Å². The molecule has 0 spiro atoms. The standard InChI is InChI=1S/C15H26N2O3/c1-11(14(18)19)12-9-17(10-12)15(20)16(2)13-7-5-3-4-6-8-13/h11-13H,3-10H2,1-2H3,(H,18,19). The highest BCUT2D eigenvalue weighted by atomic mass is 16.4. The van der Waals surface area contributed by atoms with Gasteiger partial charge in [-0.1, -0.05) is 32.6 Å². The van der Waals surface area contributed by atoms with E-state index in [0.717, 1.165) is 12.8 Å². The molecular formula is C15H26N2O3. The molecule has 1 saturated carbocycles. The second-order valence-corrected chi connectivity index (χ2v) is 6.33. The Morgan fingerprint density at radius 1 is 1.15 bits per heavy atom. The molecule has 0 aromatic rings. The van der Waals surface area contributed by atoms with E-state index < -0.39 is 5.97 Å². The molecule has 20 heavy (non-hydrogen) atoms. The van der Waals surface area contributed by atoms with Gasteiger partial charge in [0.25, 0.3) is 0 Å². The highest BCUT2D eigenvalue weighted by molar-refractivity contribution is 5.76. The first-order valence-electron chi connectivity index (χ1n) is 7.75. The van der Waals surface area contributed by atoms with Gasteiger partial charge in [0.05, 0.1) is 5.92 Å². The maximum Gasteiger partial charge on any atom is 0.320 e. The summed E-state index contributed by atoms with van der Waals surface area (Å²) in [4.78, 5) is 27.0. The van der Waals surface area contributed by atoms with Gasteiger partial charge in [0, 0.05) is 32.1 Å². The van der Waals surface area contributed by atoms with Crippen molar-refractivity contribution >= 4 is 12.0 Å². The van der Waals surface area contributed by atoms with Crippen LogP contribution in [0.1, 0.15) is 45.4 Å². The van der Waals surface area contributed by atoms with E-state index in [0.29, 0.717) is 19.1 Å². The Bertz CT molecular complexity index is 358. The number of hydrogen-bond acceptors (Lipinski definition) is 2. The van der Waals surface area contributed by atoms with E-state index in [4.69, 9.17) is 5.11 Å². The van der Waals surface area contributed by atoms with Crippen LogP contribution >= 0.6 is 0 Å². The van der Waals surface area contributed by atoms with E-state index in [-0.39, 0.29) is 17.9 Å². The molecule has 1 aliphatic heterocycles. The molecule has 1 N–H and O–H groups in total. The molecule has 0 radical (unpaired) electrons. The second-order valence-electron chi connectivity index (χ2n) is 6.33. The number of amides is 2. The number of carbonyl (C=O) groups excluding carboxylic acids is 1. The van der Waals surface area contributed by atoms with Crippen molar-refractivity contribution < 1.29 is 14.7 Å². The first-order chi connectivity index (χ1) is 9.50. The fourth-order valence-corrected chi connectivity index (χ4v) is 3.21. The maximum atomic E-state index is 12.4. The quantitative estimate of drug-likeness (QED) is 0.809. The lowest BCUT2D eigenvalue weighted by Gasteiger charge is -2.44. The molecule has 1 saturated heterocycles. The van der Waals surface area contributed by atoms with E-state index in [1.165, 1.54) is 25.7 Å². The third-order valence-corrected chi connectivity index (χ3v) is 4.95. The van der Waals surface area contributed by atoms with Gasteiger partial charge in [0.15, 0.2) is 0 Å². The summed E-state index contributed by atoms with van der Waals surface area (Å²) in [5.74, 6) is -1.01. The average molecular weight is 282 g/mol. The van der Waals surface area contributed by atoms with E-state index in [9.17, 15) is 9.59 Å². The van der Waals surface area contributed by atoms with Crippen molar-refractivity contribution in [2.24, 2.45) is 11.8 Å². The van der Waals surface area contributed by atoms with Crippen molar-refractivity contribution in [2.45, 2.75) is 51.5 Å². The minimum atomic E-state index is -0.765. The molecule has 0 aromatic heterocycles. The Morgan fingerprint density at radius 2 is 1.70 bits per heavy atom. The van der Waals surface area contributed by atoms with Crippen LogP contribution < -0.4 is 0 Å². The number of carboxylic acid groups (broad SMARTS) is 1. The molecule has 2 fully saturated rings. The molecule has 0 aromatic carbocycles. The van der Waals surface area contributed by atoms with E-state index in [1.807, 2.05) is 11.9 Å². The van der Waals surface area contributed by atoms with Gasteiger partial charge in [0.2, 0.25) is 0 Å². The van der Waals surface area contributed by atoms with Crippen molar-refractivity contribution in [1.82, 2.24) is 9.80 Å². The van der Waals surface area contributed by atoms with Gasteiger partial charge in [-0.3, -0.25) is 4.79 Å². The van der Waals surface area contributed by atoms with E-state index >= 15 is 0 Å². The third kappa shape index (κ3) is 3.25. The van der Waals surface area contributed by atoms with Gasteiger partial charge >= 0.3 is 12.0 Å². The molecule has 1 atom stereocenters. The van der Waals surface area contributed by atoms with Crippen LogP contribution in [0.3, 0.4) is 0 Å². The molecule has 0 bridgehead atoms. The largest absolute Gasteiger partial charge is 0.481 e. The lowest BCUT2D eigenvalue weighted by Crippen LogP contribution is -2.58. The predicted molar refractivity (Wildman–Crippen MR) is 76.5 cm³/mol. The maximum absolute atomic E-state index is 12.4. The van der Waals surface area contributed by atoms with Crippen LogP contribution in [0, 0.1) is 11.8 Å². The zero-order valence-corrected chi connectivity index (χ0v) is 12.5. The number of carboxylic acids is 1. The number of hydrogen-bond donors (Lipinski definition) is 1. The number of likely N-dealkylation sites (tertiary alicyclic amines) is 1. The topological polar surface area (TPSA) is 60.9 Å². The molecule has 2 rings (SSSR count). The van der Waals surface area contributed by atoms with Crippen LogP contribution in [0.15, 0.2) is 0 Å². The van der Waals surface area contributed by atoms with Crippen LogP contribution in [-0.2, 0) is 4.79 Å². The summed E-state index contributed by atoms with van der Waals surface area (Å²) < 4.78 is 0. The van der Waals surface area contributed by atoms with Crippen LogP contribution in [0.4, 0.5) is 4.79 Å². The molecule has 2 aliphatic rings. The lowest BCUT2D eigenvalue weighted by atomic mass is 9.87. The van der Waals surface area contributed by atoms with Crippen LogP contribution in [0.5, 0.6) is 0 Å². The minimum absolute atomic E-state index is 0.0748. The van der Waals surface area contributed by atoms with Gasteiger partial charge in [0.1, 0.15) is 0 Å². The molecule has 1 unspecified atom stereocenters. The van der Waals surface area contributed by atoms with Crippen molar-refractivity contribution in [2.75, 3.05) is 20.1 Å². The molecule has 5 nitrogen and oxygen atoms in total. The zero-order chi connectivity index (χ0) is 14.7. The van der Waals surface area contributed by atoms with Gasteiger partial charge < -0.3 is 14.9 Å². The third-order valence-electron chi connectivity index (χ3n) is 4.95. The number of nitrogens with zero attached hydrogens (tertiary/aromatic N) is 2. The molecule has 1 heterocycles. The lowest BCUT2D eigenvalue weighted by molar-refractivity contribution is -0.144. The van der Waals surface area contributed by atoms with E-state index in [2.05, 4.69) is 0 Å². The first kappa shape index (κ1) is 15.1.